The number of quaternary nitrogens is 1. The van der Waals surface area contributed by atoms with E-state index in [1.165, 1.54) is 238 Å². The first-order valence-corrected chi connectivity index (χ1v) is 35.8. The molecule has 80 heavy (non-hydrogen) atoms. The lowest BCUT2D eigenvalue weighted by molar-refractivity contribution is -0.870. The number of hydrogen-bond donors (Lipinski definition) is 0. The van der Waals surface area contributed by atoms with E-state index in [4.69, 9.17) is 18.5 Å². The van der Waals surface area contributed by atoms with Crippen molar-refractivity contribution >= 4 is 19.8 Å². The number of unbranched alkanes of at least 4 members (excludes halogenated alkanes) is 42. The standard InChI is InChI=1S/C70H132NO8P/c1-6-8-10-12-14-16-18-20-22-23-24-25-26-27-28-29-30-31-32-33-34-35-36-37-38-39-40-41-42-43-44-45-46-47-49-51-53-55-57-59-61-63-70(73)79-68(67-78-80(74,75)77-65-64-71(3,4)5)66-76-69(72)62-60-58-56-54-52-50-48-21-19-17-15-13-11-9-7-2/h18,20-21,23-24,26-27,48,68H,6-17,19,22,25,28-47,49-67H2,1-5H3/b20-18-,24-23-,27-26-,48-21-. The van der Waals surface area contributed by atoms with Gasteiger partial charge in [-0.15, -0.1) is 0 Å². The molecule has 0 saturated heterocycles. The van der Waals surface area contributed by atoms with Gasteiger partial charge in [0.15, 0.2) is 6.10 Å². The average Bonchev–Trinajstić information content (AvgIpc) is 3.42. The number of phosphoric ester groups is 1. The predicted octanol–water partition coefficient (Wildman–Crippen LogP) is 21.4. The lowest BCUT2D eigenvalue weighted by Gasteiger charge is -2.28. The van der Waals surface area contributed by atoms with Gasteiger partial charge in [0, 0.05) is 12.8 Å². The zero-order valence-electron chi connectivity index (χ0n) is 53.5. The van der Waals surface area contributed by atoms with Gasteiger partial charge in [-0.2, -0.15) is 0 Å². The molecule has 0 aromatic rings. The van der Waals surface area contributed by atoms with Crippen LogP contribution in [0.4, 0.5) is 0 Å². The Hall–Kier alpha value is -2.03. The van der Waals surface area contributed by atoms with Gasteiger partial charge in [0.2, 0.25) is 0 Å². The summed E-state index contributed by atoms with van der Waals surface area (Å²) < 4.78 is 34.2. The maximum Gasteiger partial charge on any atom is 0.306 e. The van der Waals surface area contributed by atoms with Crippen molar-refractivity contribution < 1.29 is 42.1 Å². The van der Waals surface area contributed by atoms with Crippen molar-refractivity contribution in [1.29, 1.82) is 0 Å². The maximum atomic E-state index is 12.8. The summed E-state index contributed by atoms with van der Waals surface area (Å²) in [4.78, 5) is 37.9. The first kappa shape index (κ1) is 78.0. The van der Waals surface area contributed by atoms with Gasteiger partial charge >= 0.3 is 11.9 Å². The second kappa shape index (κ2) is 61.5. The van der Waals surface area contributed by atoms with Gasteiger partial charge in [0.25, 0.3) is 7.82 Å². The van der Waals surface area contributed by atoms with Crippen LogP contribution in [0, 0.1) is 0 Å². The van der Waals surface area contributed by atoms with E-state index in [9.17, 15) is 19.0 Å². The topological polar surface area (TPSA) is 111 Å². The van der Waals surface area contributed by atoms with Gasteiger partial charge in [-0.1, -0.05) is 294 Å². The molecule has 0 heterocycles. The monoisotopic (exact) mass is 1150 g/mol. The third-order valence-corrected chi connectivity index (χ3v) is 16.3. The smallest absolute Gasteiger partial charge is 0.306 e. The van der Waals surface area contributed by atoms with E-state index >= 15 is 0 Å². The molecular weight excluding hydrogens is 1010 g/mol. The first-order valence-electron chi connectivity index (χ1n) is 34.3. The SMILES string of the molecule is CCCCCCC/C=C\C/C=C\C/C=C\CCCCCCCCCCCCCCCCCCCCCCCCCCCCC(=O)OC(COC(=O)CCCCCCC/C=C\CCCCCCCC)COP(=O)([O-])OCC[N+](C)(C)C. The van der Waals surface area contributed by atoms with E-state index in [1.807, 2.05) is 21.1 Å². The van der Waals surface area contributed by atoms with Crippen molar-refractivity contribution in [3.63, 3.8) is 0 Å². The molecule has 0 aliphatic heterocycles. The zero-order chi connectivity index (χ0) is 58.4. The molecule has 0 bridgehead atoms. The molecule has 0 aromatic heterocycles. The van der Waals surface area contributed by atoms with Crippen LogP contribution in [0.25, 0.3) is 0 Å². The predicted molar refractivity (Wildman–Crippen MR) is 342 cm³/mol. The minimum atomic E-state index is -4.64. The summed E-state index contributed by atoms with van der Waals surface area (Å²) in [5.41, 5.74) is 0. The van der Waals surface area contributed by atoms with E-state index in [0.717, 1.165) is 64.2 Å². The normalized spacial score (nSPS) is 13.4. The fourth-order valence-corrected chi connectivity index (χ4v) is 10.7. The Morgan fingerprint density at radius 2 is 0.675 bits per heavy atom. The maximum absolute atomic E-state index is 12.8. The quantitative estimate of drug-likeness (QED) is 0.0195. The van der Waals surface area contributed by atoms with Crippen molar-refractivity contribution in [1.82, 2.24) is 0 Å². The van der Waals surface area contributed by atoms with E-state index < -0.39 is 26.5 Å². The van der Waals surface area contributed by atoms with E-state index in [-0.39, 0.29) is 32.0 Å². The van der Waals surface area contributed by atoms with Crippen LogP contribution >= 0.6 is 7.82 Å². The summed E-state index contributed by atoms with van der Waals surface area (Å²) >= 11 is 0. The van der Waals surface area contributed by atoms with Crippen LogP contribution in [0.3, 0.4) is 0 Å². The molecule has 0 saturated carbocycles. The lowest BCUT2D eigenvalue weighted by atomic mass is 10.0. The third kappa shape index (κ3) is 65.1. The number of carbonyl (C=O) groups excluding carboxylic acids is 2. The number of phosphoric acid groups is 1. The number of likely N-dealkylation sites (N-methyl/N-ethyl adjacent to an activating group) is 1. The molecule has 0 N–H and O–H groups in total. The van der Waals surface area contributed by atoms with E-state index in [1.54, 1.807) is 0 Å². The lowest BCUT2D eigenvalue weighted by Crippen LogP contribution is -2.37. The van der Waals surface area contributed by atoms with E-state index in [2.05, 4.69) is 62.5 Å². The van der Waals surface area contributed by atoms with Crippen LogP contribution in [0.2, 0.25) is 0 Å². The summed E-state index contributed by atoms with van der Waals surface area (Å²) in [5.74, 6) is -0.828. The van der Waals surface area contributed by atoms with Gasteiger partial charge < -0.3 is 27.9 Å². The number of rotatable bonds is 64. The average molecular weight is 1150 g/mol. The highest BCUT2D eigenvalue weighted by Crippen LogP contribution is 2.38. The highest BCUT2D eigenvalue weighted by Gasteiger charge is 2.22. The fraction of sp³-hybridized carbons (Fsp3) is 0.857. The van der Waals surface area contributed by atoms with Crippen LogP contribution in [0.5, 0.6) is 0 Å². The van der Waals surface area contributed by atoms with Crippen molar-refractivity contribution in [2.45, 2.75) is 341 Å². The summed E-state index contributed by atoms with van der Waals surface area (Å²) in [7, 11) is 1.18. The Bertz CT molecular complexity index is 1490. The molecule has 0 rings (SSSR count). The Morgan fingerprint density at radius 1 is 0.388 bits per heavy atom. The van der Waals surface area contributed by atoms with E-state index in [0.29, 0.717) is 17.4 Å². The molecular formula is C70H132NO8P. The first-order chi connectivity index (χ1) is 39.0. The van der Waals surface area contributed by atoms with Crippen molar-refractivity contribution in [2.24, 2.45) is 0 Å². The summed E-state index contributed by atoms with van der Waals surface area (Å²) in [5, 5.41) is 0. The van der Waals surface area contributed by atoms with Crippen molar-refractivity contribution in [3.05, 3.63) is 48.6 Å². The van der Waals surface area contributed by atoms with Gasteiger partial charge in [0.05, 0.1) is 27.7 Å². The van der Waals surface area contributed by atoms with Crippen LogP contribution in [-0.2, 0) is 32.7 Å². The van der Waals surface area contributed by atoms with Crippen LogP contribution in [0.15, 0.2) is 48.6 Å². The molecule has 0 spiro atoms. The Morgan fingerprint density at radius 3 is 1.01 bits per heavy atom. The minimum Gasteiger partial charge on any atom is -0.756 e. The van der Waals surface area contributed by atoms with Gasteiger partial charge in [-0.3, -0.25) is 14.2 Å². The van der Waals surface area contributed by atoms with Crippen LogP contribution < -0.4 is 4.89 Å². The largest absolute Gasteiger partial charge is 0.756 e. The van der Waals surface area contributed by atoms with Crippen molar-refractivity contribution in [2.75, 3.05) is 47.5 Å². The van der Waals surface area contributed by atoms with Gasteiger partial charge in [-0.05, 0) is 77.0 Å². The molecule has 9 nitrogen and oxygen atoms in total. The van der Waals surface area contributed by atoms with Gasteiger partial charge in [0.1, 0.15) is 19.8 Å². The number of allylic oxidation sites excluding steroid dienone is 8. The molecule has 0 radical (unpaired) electrons. The summed E-state index contributed by atoms with van der Waals surface area (Å²) in [6, 6.07) is 0. The number of ether oxygens (including phenoxy) is 2. The molecule has 0 aromatic carbocycles. The van der Waals surface area contributed by atoms with Gasteiger partial charge in [-0.25, -0.2) is 0 Å². The fourth-order valence-electron chi connectivity index (χ4n) is 10.0. The molecule has 0 amide bonds. The highest BCUT2D eigenvalue weighted by atomic mass is 31.2. The Kier molecular flexibility index (Phi) is 60.0. The Labute approximate surface area is 496 Å². The molecule has 0 fully saturated rings. The second-order valence-electron chi connectivity index (χ2n) is 24.5. The number of esters is 2. The molecule has 10 heteroatoms. The molecule has 0 aliphatic carbocycles. The third-order valence-electron chi connectivity index (χ3n) is 15.3. The minimum absolute atomic E-state index is 0.0301. The van der Waals surface area contributed by atoms with Crippen LogP contribution in [0.1, 0.15) is 335 Å². The van der Waals surface area contributed by atoms with Crippen LogP contribution in [-0.4, -0.2) is 70.0 Å². The molecule has 470 valence electrons. The summed E-state index contributed by atoms with van der Waals surface area (Å²) in [6.45, 7) is 4.25. The number of carbonyl (C=O) groups is 2. The highest BCUT2D eigenvalue weighted by molar-refractivity contribution is 7.45. The molecule has 2 unspecified atom stereocenters. The zero-order valence-corrected chi connectivity index (χ0v) is 54.4. The molecule has 2 atom stereocenters. The Balaban J connectivity index is 3.87. The molecule has 0 aliphatic rings. The number of nitrogens with zero attached hydrogens (tertiary/aromatic N) is 1. The summed E-state index contributed by atoms with van der Waals surface area (Å²) in [6.07, 6.45) is 79.3. The van der Waals surface area contributed by atoms with Crippen molar-refractivity contribution in [3.8, 4) is 0 Å². The number of hydrogen-bond acceptors (Lipinski definition) is 8. The second-order valence-corrected chi connectivity index (χ2v) is 25.9.